The summed E-state index contributed by atoms with van der Waals surface area (Å²) in [5, 5.41) is 11.5. The van der Waals surface area contributed by atoms with Gasteiger partial charge in [0, 0.05) is 0 Å². The first kappa shape index (κ1) is 17.7. The van der Waals surface area contributed by atoms with Gasteiger partial charge in [-0.1, -0.05) is 27.7 Å². The quantitative estimate of drug-likeness (QED) is 0.397. The lowest BCUT2D eigenvalue weighted by molar-refractivity contribution is -0.655. The van der Waals surface area contributed by atoms with Gasteiger partial charge >= 0.3 is 0 Å². The normalized spacial score (nSPS) is 10.1. The maximum absolute atomic E-state index is 8.00. The van der Waals surface area contributed by atoms with Gasteiger partial charge in [0.25, 0.3) is 0 Å². The first-order valence-electron chi connectivity index (χ1n) is 6.31. The molecule has 0 aliphatic heterocycles. The molecule has 0 radical (unpaired) electrons. The first-order valence-corrected chi connectivity index (χ1v) is 6.31. The molecule has 0 atom stereocenters. The van der Waals surface area contributed by atoms with Crippen molar-refractivity contribution in [3.05, 3.63) is 10.1 Å². The molecule has 0 aromatic rings. The van der Waals surface area contributed by atoms with Crippen molar-refractivity contribution in [2.24, 2.45) is 17.2 Å². The minimum Gasteiger partial charge on any atom is -0.444 e. The second-order valence-corrected chi connectivity index (χ2v) is 5.01. The van der Waals surface area contributed by atoms with Gasteiger partial charge in [0.1, 0.15) is 0 Å². The average molecular weight is 232 g/mol. The Hall–Kier alpha value is -0.640. The first-order chi connectivity index (χ1) is 7.54. The molecule has 98 valence electrons. The molecule has 16 heavy (non-hydrogen) atoms. The molecule has 0 rings (SSSR count). The highest BCUT2D eigenvalue weighted by Gasteiger charge is 1.97. The standard InChI is InChI=1S/C12H27N.HNO2/c1-11(2)7-5-9-13-10-6-8-12(3)4;2-1-3/h11-13H,5-10H2,1-4H3;(H,2,3). The lowest BCUT2D eigenvalue weighted by Gasteiger charge is -2.05. The van der Waals surface area contributed by atoms with Gasteiger partial charge in [-0.2, -0.15) is 0 Å². The number of hydrogen-bond acceptors (Lipinski definition) is 3. The van der Waals surface area contributed by atoms with Crippen molar-refractivity contribution >= 4 is 0 Å². The third-order valence-corrected chi connectivity index (χ3v) is 2.38. The van der Waals surface area contributed by atoms with Crippen LogP contribution in [0.5, 0.6) is 0 Å². The summed E-state index contributed by atoms with van der Waals surface area (Å²) >= 11 is 0. The van der Waals surface area contributed by atoms with Crippen molar-refractivity contribution in [2.75, 3.05) is 13.1 Å². The van der Waals surface area contributed by atoms with Gasteiger partial charge in [-0.25, -0.2) is 0 Å². The molecule has 0 fully saturated rings. The summed E-state index contributed by atoms with van der Waals surface area (Å²) in [6, 6.07) is 0. The van der Waals surface area contributed by atoms with Crippen LogP contribution >= 0.6 is 0 Å². The molecule has 0 aromatic heterocycles. The van der Waals surface area contributed by atoms with Crippen molar-refractivity contribution < 1.29 is 5.32 Å². The fourth-order valence-electron chi connectivity index (χ4n) is 1.49. The van der Waals surface area contributed by atoms with Crippen LogP contribution in [0, 0.1) is 22.0 Å². The van der Waals surface area contributed by atoms with Crippen molar-refractivity contribution in [3.8, 4) is 0 Å². The van der Waals surface area contributed by atoms with E-state index in [2.05, 4.69) is 33.0 Å². The predicted molar refractivity (Wildman–Crippen MR) is 69.0 cm³/mol. The summed E-state index contributed by atoms with van der Waals surface area (Å²) in [6.07, 6.45) is 5.56. The Morgan fingerprint density at radius 1 is 1.00 bits per heavy atom. The molecule has 0 heterocycles. The minimum absolute atomic E-state index is 0.879. The molecule has 0 spiro atoms. The number of hydrogen-bond donors (Lipinski definition) is 1. The van der Waals surface area contributed by atoms with Crippen molar-refractivity contribution in [1.29, 1.82) is 0 Å². The van der Waals surface area contributed by atoms with Gasteiger partial charge < -0.3 is 15.4 Å². The number of nitrogens with zero attached hydrogens (tertiary/aromatic N) is 1. The summed E-state index contributed by atoms with van der Waals surface area (Å²) in [5.41, 5.74) is 0. The van der Waals surface area contributed by atoms with E-state index in [9.17, 15) is 0 Å². The van der Waals surface area contributed by atoms with Crippen LogP contribution in [0.2, 0.25) is 0 Å². The third kappa shape index (κ3) is 23.3. The SMILES string of the molecule is CC(C)CCC[NH2+]CCCC(C)C.O=N[O-]. The van der Waals surface area contributed by atoms with E-state index in [0.29, 0.717) is 0 Å². The number of quaternary nitrogens is 1. The Bertz CT molecular complexity index is 127. The molecule has 0 amide bonds. The smallest absolute Gasteiger partial charge is 0.0755 e. The Labute approximate surface area is 99.8 Å². The highest BCUT2D eigenvalue weighted by atomic mass is 16.6. The molecule has 0 aliphatic rings. The van der Waals surface area contributed by atoms with Crippen LogP contribution in [0.4, 0.5) is 0 Å². The molecule has 0 aliphatic carbocycles. The van der Waals surface area contributed by atoms with E-state index in [0.717, 1.165) is 17.2 Å². The van der Waals surface area contributed by atoms with Gasteiger partial charge in [-0.15, -0.1) is 5.34 Å². The van der Waals surface area contributed by atoms with E-state index >= 15 is 0 Å². The summed E-state index contributed by atoms with van der Waals surface area (Å²) in [4.78, 5) is 8.00. The van der Waals surface area contributed by atoms with Crippen LogP contribution in [-0.4, -0.2) is 13.1 Å². The molecule has 4 heteroatoms. The third-order valence-electron chi connectivity index (χ3n) is 2.38. The van der Waals surface area contributed by atoms with Gasteiger partial charge in [0.2, 0.25) is 0 Å². The molecular weight excluding hydrogens is 204 g/mol. The molecule has 0 saturated heterocycles. The summed E-state index contributed by atoms with van der Waals surface area (Å²) < 4.78 is 0. The maximum atomic E-state index is 8.00. The average Bonchev–Trinajstić information content (AvgIpc) is 2.16. The fourth-order valence-corrected chi connectivity index (χ4v) is 1.49. The van der Waals surface area contributed by atoms with Crippen LogP contribution in [0.25, 0.3) is 0 Å². The van der Waals surface area contributed by atoms with Crippen LogP contribution in [0.1, 0.15) is 53.4 Å². The van der Waals surface area contributed by atoms with Crippen LogP contribution in [0.15, 0.2) is 5.34 Å². The van der Waals surface area contributed by atoms with E-state index < -0.39 is 0 Å². The highest BCUT2D eigenvalue weighted by molar-refractivity contribution is 4.44. The van der Waals surface area contributed by atoms with Crippen LogP contribution in [0.3, 0.4) is 0 Å². The van der Waals surface area contributed by atoms with E-state index in [1.54, 1.807) is 0 Å². The molecule has 2 N–H and O–H groups in total. The lowest BCUT2D eigenvalue weighted by Crippen LogP contribution is -2.84. The zero-order valence-electron chi connectivity index (χ0n) is 11.2. The molecule has 0 aromatic carbocycles. The monoisotopic (exact) mass is 232 g/mol. The Morgan fingerprint density at radius 2 is 1.31 bits per heavy atom. The highest BCUT2D eigenvalue weighted by Crippen LogP contribution is 2.01. The van der Waals surface area contributed by atoms with E-state index in [1.807, 2.05) is 0 Å². The lowest BCUT2D eigenvalue weighted by atomic mass is 10.1. The summed E-state index contributed by atoms with van der Waals surface area (Å²) in [7, 11) is 0. The molecular formula is C12H28N2O2. The Kier molecular flexibility index (Phi) is 15.9. The fraction of sp³-hybridized carbons (Fsp3) is 1.00. The Morgan fingerprint density at radius 3 is 1.56 bits per heavy atom. The van der Waals surface area contributed by atoms with Crippen molar-refractivity contribution in [2.45, 2.75) is 53.4 Å². The van der Waals surface area contributed by atoms with Gasteiger partial charge in [0.15, 0.2) is 0 Å². The van der Waals surface area contributed by atoms with Crippen molar-refractivity contribution in [1.82, 2.24) is 0 Å². The summed E-state index contributed by atoms with van der Waals surface area (Å²) in [6.45, 7) is 11.9. The van der Waals surface area contributed by atoms with E-state index in [1.165, 1.54) is 38.8 Å². The second-order valence-electron chi connectivity index (χ2n) is 5.01. The predicted octanol–water partition coefficient (Wildman–Crippen LogP) is 2.67. The zero-order valence-corrected chi connectivity index (χ0v) is 11.2. The minimum atomic E-state index is 0.879. The molecule has 4 nitrogen and oxygen atoms in total. The van der Waals surface area contributed by atoms with E-state index in [4.69, 9.17) is 10.1 Å². The maximum Gasteiger partial charge on any atom is 0.0755 e. The van der Waals surface area contributed by atoms with Crippen LogP contribution < -0.4 is 5.32 Å². The number of rotatable bonds is 8. The molecule has 0 unspecified atom stereocenters. The zero-order chi connectivity index (χ0) is 12.8. The number of nitrogens with two attached hydrogens (primary N) is 1. The van der Waals surface area contributed by atoms with Gasteiger partial charge in [-0.05, 0) is 37.5 Å². The Balaban J connectivity index is 0. The molecule has 0 saturated carbocycles. The topological polar surface area (TPSA) is 69.1 Å². The second kappa shape index (κ2) is 14.4. The largest absolute Gasteiger partial charge is 0.444 e. The van der Waals surface area contributed by atoms with Crippen LogP contribution in [-0.2, 0) is 0 Å². The van der Waals surface area contributed by atoms with E-state index in [-0.39, 0.29) is 0 Å². The molecule has 0 bridgehead atoms. The van der Waals surface area contributed by atoms with Gasteiger partial charge in [0.05, 0.1) is 13.1 Å². The summed E-state index contributed by atoms with van der Waals surface area (Å²) in [5.74, 6) is 1.76. The van der Waals surface area contributed by atoms with Gasteiger partial charge in [-0.3, -0.25) is 0 Å². The van der Waals surface area contributed by atoms with Crippen molar-refractivity contribution in [3.63, 3.8) is 0 Å².